The summed E-state index contributed by atoms with van der Waals surface area (Å²) in [5, 5.41) is 0.892. The van der Waals surface area contributed by atoms with Crippen molar-refractivity contribution < 1.29 is 9.53 Å². The van der Waals surface area contributed by atoms with E-state index in [1.54, 1.807) is 36.4 Å². The number of rotatable bonds is 4. The van der Waals surface area contributed by atoms with Crippen molar-refractivity contribution in [2.45, 2.75) is 18.9 Å². The molecule has 4 rings (SSSR count). The van der Waals surface area contributed by atoms with Gasteiger partial charge in [0.1, 0.15) is 5.54 Å². The Balaban J connectivity index is 1.83. The highest BCUT2D eigenvalue weighted by molar-refractivity contribution is 9.10. The molecule has 0 bridgehead atoms. The van der Waals surface area contributed by atoms with Crippen molar-refractivity contribution >= 4 is 56.7 Å². The molecule has 1 aliphatic rings. The maximum Gasteiger partial charge on any atom is 0.260 e. The third-order valence-corrected chi connectivity index (χ3v) is 5.80. The van der Waals surface area contributed by atoms with Crippen molar-refractivity contribution in [2.24, 2.45) is 0 Å². The monoisotopic (exact) mass is 479 g/mol. The summed E-state index contributed by atoms with van der Waals surface area (Å²) in [5.41, 5.74) is 0.724. The van der Waals surface area contributed by atoms with Gasteiger partial charge < -0.3 is 4.74 Å². The fourth-order valence-electron chi connectivity index (χ4n) is 3.47. The van der Waals surface area contributed by atoms with E-state index in [4.69, 9.17) is 27.9 Å². The smallest absolute Gasteiger partial charge is 0.260 e. The van der Waals surface area contributed by atoms with Crippen LogP contribution < -0.4 is 9.64 Å². The number of hydrogen-bond acceptors (Lipinski definition) is 3. The van der Waals surface area contributed by atoms with Crippen LogP contribution in [0.4, 0.5) is 11.6 Å². The number of methoxy groups -OCH3 is 1. The Morgan fingerprint density at radius 3 is 2.39 bits per heavy atom. The number of carbonyl (C=O) groups excluding carboxylic acids is 1. The Morgan fingerprint density at radius 1 is 1.14 bits per heavy atom. The van der Waals surface area contributed by atoms with Crippen molar-refractivity contribution in [3.63, 3.8) is 0 Å². The summed E-state index contributed by atoms with van der Waals surface area (Å²) in [4.78, 5) is 19.6. The molecule has 0 fully saturated rings. The highest BCUT2D eigenvalue weighted by atomic mass is 79.9. The van der Waals surface area contributed by atoms with Crippen molar-refractivity contribution in [3.05, 3.63) is 68.7 Å². The van der Waals surface area contributed by atoms with E-state index in [0.29, 0.717) is 34.0 Å². The Hall–Kier alpha value is -2.02. The number of fused-ring (bicyclic) bond motifs is 1. The van der Waals surface area contributed by atoms with E-state index >= 15 is 0 Å². The molecule has 3 aromatic rings. The van der Waals surface area contributed by atoms with Crippen LogP contribution in [0.1, 0.15) is 12.5 Å². The van der Waals surface area contributed by atoms with Crippen LogP contribution in [-0.2, 0) is 16.8 Å². The lowest BCUT2D eigenvalue weighted by atomic mass is 9.92. The average molecular weight is 481 g/mol. The predicted octanol–water partition coefficient (Wildman–Crippen LogP) is 5.60. The maximum atomic E-state index is 13.6. The third-order valence-electron chi connectivity index (χ3n) is 4.84. The van der Waals surface area contributed by atoms with Gasteiger partial charge in [-0.25, -0.2) is 4.90 Å². The standard InChI is InChI=1S/C20H16BrCl2N3O2/c1-20(10-12-3-5-13(21)6-4-12)18(27)26(16-8-14(22)7-15(23)9-16)19-24-17(28-2)11-25(19)20/h3-9,11H,10H2,1-2H3. The molecular formula is C20H16BrCl2N3O2. The zero-order valence-corrected chi connectivity index (χ0v) is 18.2. The summed E-state index contributed by atoms with van der Waals surface area (Å²) in [5.74, 6) is 0.793. The minimum absolute atomic E-state index is 0.112. The van der Waals surface area contributed by atoms with Gasteiger partial charge in [0.25, 0.3) is 5.91 Å². The quantitative estimate of drug-likeness (QED) is 0.488. The molecule has 5 nitrogen and oxygen atoms in total. The van der Waals surface area contributed by atoms with Crippen LogP contribution in [0, 0.1) is 0 Å². The molecule has 1 amide bonds. The minimum Gasteiger partial charge on any atom is -0.480 e. The van der Waals surface area contributed by atoms with Gasteiger partial charge in [0.2, 0.25) is 11.8 Å². The van der Waals surface area contributed by atoms with Crippen LogP contribution in [0.15, 0.2) is 53.1 Å². The summed E-state index contributed by atoms with van der Waals surface area (Å²) < 4.78 is 8.15. The number of imidazole rings is 1. The Morgan fingerprint density at radius 2 is 1.79 bits per heavy atom. The number of hydrogen-bond donors (Lipinski definition) is 0. The Bertz CT molecular complexity index is 1050. The first-order chi connectivity index (χ1) is 13.3. The fraction of sp³-hybridized carbons (Fsp3) is 0.200. The van der Waals surface area contributed by atoms with Crippen LogP contribution in [0.5, 0.6) is 5.88 Å². The molecule has 2 heterocycles. The molecule has 0 N–H and O–H groups in total. The molecule has 0 aliphatic carbocycles. The number of aromatic nitrogens is 2. The average Bonchev–Trinajstić information content (AvgIpc) is 3.14. The van der Waals surface area contributed by atoms with Crippen molar-refractivity contribution in [2.75, 3.05) is 12.0 Å². The molecule has 1 aromatic heterocycles. The SMILES string of the molecule is COc1cn2c(n1)N(c1cc(Cl)cc(Cl)c1)C(=O)C2(C)Cc1ccc(Br)cc1. The van der Waals surface area contributed by atoms with Gasteiger partial charge in [0, 0.05) is 20.9 Å². The van der Waals surface area contributed by atoms with Gasteiger partial charge in [0.05, 0.1) is 19.0 Å². The molecule has 0 saturated heterocycles. The summed E-state index contributed by atoms with van der Waals surface area (Å²) in [6.45, 7) is 1.90. The molecule has 0 saturated carbocycles. The second kappa shape index (κ2) is 7.10. The van der Waals surface area contributed by atoms with Gasteiger partial charge in [0.15, 0.2) is 0 Å². The molecule has 28 heavy (non-hydrogen) atoms. The molecular weight excluding hydrogens is 465 g/mol. The first-order valence-electron chi connectivity index (χ1n) is 8.51. The van der Waals surface area contributed by atoms with Crippen LogP contribution in [0.3, 0.4) is 0 Å². The Kier molecular flexibility index (Phi) is 4.89. The van der Waals surface area contributed by atoms with E-state index in [1.807, 2.05) is 35.8 Å². The van der Waals surface area contributed by atoms with E-state index < -0.39 is 5.54 Å². The summed E-state index contributed by atoms with van der Waals surface area (Å²) in [6, 6.07) is 12.9. The third kappa shape index (κ3) is 3.19. The van der Waals surface area contributed by atoms with Crippen molar-refractivity contribution in [3.8, 4) is 5.88 Å². The highest BCUT2D eigenvalue weighted by Crippen LogP contribution is 2.43. The second-order valence-electron chi connectivity index (χ2n) is 6.80. The zero-order valence-electron chi connectivity index (χ0n) is 15.1. The second-order valence-corrected chi connectivity index (χ2v) is 8.59. The number of benzene rings is 2. The van der Waals surface area contributed by atoms with E-state index in [9.17, 15) is 4.79 Å². The lowest BCUT2D eigenvalue weighted by Gasteiger charge is -2.25. The molecule has 2 aromatic carbocycles. The number of halogens is 3. The predicted molar refractivity (Wildman–Crippen MR) is 114 cm³/mol. The molecule has 8 heteroatoms. The number of ether oxygens (including phenoxy) is 1. The fourth-order valence-corrected chi connectivity index (χ4v) is 4.24. The largest absolute Gasteiger partial charge is 0.480 e. The number of carbonyl (C=O) groups is 1. The molecule has 0 spiro atoms. The zero-order chi connectivity index (χ0) is 20.1. The van der Waals surface area contributed by atoms with Crippen LogP contribution >= 0.6 is 39.1 Å². The molecule has 1 aliphatic heterocycles. The van der Waals surface area contributed by atoms with E-state index in [1.165, 1.54) is 0 Å². The van der Waals surface area contributed by atoms with Crippen LogP contribution in [-0.4, -0.2) is 22.6 Å². The maximum absolute atomic E-state index is 13.6. The Labute approximate surface area is 181 Å². The van der Waals surface area contributed by atoms with E-state index in [-0.39, 0.29) is 5.91 Å². The lowest BCUT2D eigenvalue weighted by Crippen LogP contribution is -2.40. The lowest BCUT2D eigenvalue weighted by molar-refractivity contribution is -0.123. The van der Waals surface area contributed by atoms with Gasteiger partial charge in [-0.05, 0) is 42.8 Å². The molecule has 0 radical (unpaired) electrons. The van der Waals surface area contributed by atoms with Crippen LogP contribution in [0.25, 0.3) is 0 Å². The van der Waals surface area contributed by atoms with E-state index in [0.717, 1.165) is 10.0 Å². The van der Waals surface area contributed by atoms with Crippen molar-refractivity contribution in [1.82, 2.24) is 9.55 Å². The van der Waals surface area contributed by atoms with Gasteiger partial charge in [-0.15, -0.1) is 0 Å². The molecule has 144 valence electrons. The van der Waals surface area contributed by atoms with E-state index in [2.05, 4.69) is 20.9 Å². The first-order valence-corrected chi connectivity index (χ1v) is 10.1. The van der Waals surface area contributed by atoms with Crippen LogP contribution in [0.2, 0.25) is 10.0 Å². The van der Waals surface area contributed by atoms with Gasteiger partial charge in [-0.2, -0.15) is 4.98 Å². The van der Waals surface area contributed by atoms with Gasteiger partial charge >= 0.3 is 0 Å². The molecule has 1 unspecified atom stereocenters. The normalized spacial score (nSPS) is 18.5. The summed E-state index contributed by atoms with van der Waals surface area (Å²) >= 11 is 15.8. The highest BCUT2D eigenvalue weighted by Gasteiger charge is 2.49. The first kappa shape index (κ1) is 19.3. The topological polar surface area (TPSA) is 47.4 Å². The number of anilines is 2. The summed E-state index contributed by atoms with van der Waals surface area (Å²) in [7, 11) is 1.55. The minimum atomic E-state index is -0.873. The summed E-state index contributed by atoms with van der Waals surface area (Å²) in [6.07, 6.45) is 2.24. The van der Waals surface area contributed by atoms with Gasteiger partial charge in [-0.3, -0.25) is 9.36 Å². The van der Waals surface area contributed by atoms with Gasteiger partial charge in [-0.1, -0.05) is 51.3 Å². The van der Waals surface area contributed by atoms with Crippen molar-refractivity contribution in [1.29, 1.82) is 0 Å². The molecule has 1 atom stereocenters. The number of amides is 1. The number of nitrogens with zero attached hydrogens (tertiary/aromatic N) is 3.